The lowest BCUT2D eigenvalue weighted by Gasteiger charge is -2.40. The van der Waals surface area contributed by atoms with Gasteiger partial charge in [0, 0.05) is 23.1 Å². The maximum atomic E-state index is 4.83. The average molecular weight is 234 g/mol. The van der Waals surface area contributed by atoms with Crippen LogP contribution in [0.5, 0.6) is 0 Å². The van der Waals surface area contributed by atoms with Crippen LogP contribution in [0.3, 0.4) is 0 Å². The molecule has 0 saturated carbocycles. The molecule has 0 spiro atoms. The van der Waals surface area contributed by atoms with E-state index in [1.807, 2.05) is 0 Å². The summed E-state index contributed by atoms with van der Waals surface area (Å²) in [6.45, 7) is 17.1. The molecule has 2 rings (SSSR count). The molecule has 0 radical (unpaired) electrons. The van der Waals surface area contributed by atoms with Crippen molar-refractivity contribution in [2.75, 3.05) is 0 Å². The lowest BCUT2D eigenvalue weighted by atomic mass is 9.70. The molecule has 0 bridgehead atoms. The van der Waals surface area contributed by atoms with Gasteiger partial charge < -0.3 is 0 Å². The van der Waals surface area contributed by atoms with Crippen molar-refractivity contribution in [3.63, 3.8) is 0 Å². The summed E-state index contributed by atoms with van der Waals surface area (Å²) in [6, 6.07) is 2.31. The predicted molar refractivity (Wildman–Crippen MR) is 72.4 cm³/mol. The van der Waals surface area contributed by atoms with Gasteiger partial charge in [0.25, 0.3) is 0 Å². The van der Waals surface area contributed by atoms with E-state index in [9.17, 15) is 0 Å². The van der Waals surface area contributed by atoms with E-state index in [2.05, 4.69) is 59.2 Å². The summed E-state index contributed by atoms with van der Waals surface area (Å²) >= 11 is 0. The Labute approximate surface area is 105 Å². The molecule has 1 aliphatic heterocycles. The Bertz CT molecular complexity index is 430. The molecule has 2 heterocycles. The van der Waals surface area contributed by atoms with Gasteiger partial charge in [-0.05, 0) is 17.9 Å². The van der Waals surface area contributed by atoms with Gasteiger partial charge in [-0.1, -0.05) is 48.5 Å². The zero-order valence-electron chi connectivity index (χ0n) is 12.4. The molecule has 0 atom stereocenters. The first-order valence-corrected chi connectivity index (χ1v) is 6.60. The minimum Gasteiger partial charge on any atom is -0.268 e. The van der Waals surface area contributed by atoms with E-state index >= 15 is 0 Å². The van der Waals surface area contributed by atoms with Gasteiger partial charge in [0.1, 0.15) is 0 Å². The maximum Gasteiger partial charge on any atom is 0.0681 e. The van der Waals surface area contributed by atoms with Crippen molar-refractivity contribution >= 4 is 0 Å². The van der Waals surface area contributed by atoms with Crippen LogP contribution in [-0.2, 0) is 17.4 Å². The lowest BCUT2D eigenvalue weighted by Crippen LogP contribution is -2.38. The van der Waals surface area contributed by atoms with Crippen LogP contribution in [0.25, 0.3) is 0 Å². The first-order chi connectivity index (χ1) is 7.51. The molecule has 1 aromatic heterocycles. The first-order valence-electron chi connectivity index (χ1n) is 6.60. The molecule has 0 saturated heterocycles. The van der Waals surface area contributed by atoms with Crippen molar-refractivity contribution in [3.8, 4) is 0 Å². The molecule has 0 N–H and O–H groups in total. The zero-order valence-corrected chi connectivity index (χ0v) is 12.4. The minimum absolute atomic E-state index is 0.143. The van der Waals surface area contributed by atoms with E-state index in [0.29, 0.717) is 5.41 Å². The highest BCUT2D eigenvalue weighted by molar-refractivity contribution is 5.25. The average Bonchev–Trinajstić information content (AvgIpc) is 2.42. The summed E-state index contributed by atoms with van der Waals surface area (Å²) in [4.78, 5) is 0. The second kappa shape index (κ2) is 3.37. The molecule has 0 amide bonds. The summed E-state index contributed by atoms with van der Waals surface area (Å²) in [5, 5.41) is 4.83. The van der Waals surface area contributed by atoms with Crippen LogP contribution in [0, 0.1) is 5.41 Å². The van der Waals surface area contributed by atoms with E-state index in [1.54, 1.807) is 0 Å². The number of nitrogens with zero attached hydrogens (tertiary/aromatic N) is 2. The second-order valence-electron chi connectivity index (χ2n) is 8.05. The first kappa shape index (κ1) is 12.7. The van der Waals surface area contributed by atoms with E-state index < -0.39 is 0 Å². The normalized spacial score (nSPS) is 22.3. The van der Waals surface area contributed by atoms with Crippen LogP contribution in [0.1, 0.15) is 66.3 Å². The lowest BCUT2D eigenvalue weighted by molar-refractivity contribution is 0.165. The number of aromatic nitrogens is 2. The van der Waals surface area contributed by atoms with Gasteiger partial charge >= 0.3 is 0 Å². The van der Waals surface area contributed by atoms with Crippen molar-refractivity contribution in [3.05, 3.63) is 17.5 Å². The Morgan fingerprint density at radius 3 is 2.29 bits per heavy atom. The van der Waals surface area contributed by atoms with E-state index in [-0.39, 0.29) is 10.8 Å². The maximum absolute atomic E-state index is 4.83. The van der Waals surface area contributed by atoms with Crippen LogP contribution < -0.4 is 0 Å². The van der Waals surface area contributed by atoms with Crippen molar-refractivity contribution in [1.29, 1.82) is 0 Å². The molecule has 0 aliphatic carbocycles. The number of rotatable bonds is 0. The monoisotopic (exact) mass is 234 g/mol. The van der Waals surface area contributed by atoms with Crippen LogP contribution in [0.4, 0.5) is 0 Å². The topological polar surface area (TPSA) is 17.8 Å². The Kier molecular flexibility index (Phi) is 2.51. The van der Waals surface area contributed by atoms with Gasteiger partial charge in [0.15, 0.2) is 0 Å². The number of fused-ring (bicyclic) bond motifs is 1. The summed E-state index contributed by atoms with van der Waals surface area (Å²) < 4.78 is 2.24. The smallest absolute Gasteiger partial charge is 0.0681 e. The fraction of sp³-hybridized carbons (Fsp3) is 0.800. The Hall–Kier alpha value is -0.790. The number of hydrogen-bond acceptors (Lipinski definition) is 1. The minimum atomic E-state index is 0.143. The molecular formula is C15H26N2. The molecule has 2 heteroatoms. The van der Waals surface area contributed by atoms with Gasteiger partial charge in [-0.25, -0.2) is 0 Å². The Balaban J connectivity index is 2.51. The van der Waals surface area contributed by atoms with Crippen molar-refractivity contribution in [2.24, 2.45) is 5.41 Å². The molecular weight excluding hydrogens is 208 g/mol. The predicted octanol–water partition coefficient (Wildman–Crippen LogP) is 3.89. The SMILES string of the molecule is CC1(C)Cn2nc(C(C)(C)C)cc2C(C)(C)C1. The highest BCUT2D eigenvalue weighted by Gasteiger charge is 2.39. The summed E-state index contributed by atoms with van der Waals surface area (Å²) in [7, 11) is 0. The second-order valence-corrected chi connectivity index (χ2v) is 8.05. The largest absolute Gasteiger partial charge is 0.268 e. The summed E-state index contributed by atoms with van der Waals surface area (Å²) in [6.07, 6.45) is 1.23. The van der Waals surface area contributed by atoms with Gasteiger partial charge in [-0.15, -0.1) is 0 Å². The van der Waals surface area contributed by atoms with Crippen LogP contribution in [0.15, 0.2) is 6.07 Å². The van der Waals surface area contributed by atoms with E-state index in [4.69, 9.17) is 5.10 Å². The third kappa shape index (κ3) is 2.27. The van der Waals surface area contributed by atoms with Gasteiger partial charge in [0.05, 0.1) is 5.69 Å². The zero-order chi connectivity index (χ0) is 13.1. The molecule has 0 unspecified atom stereocenters. The van der Waals surface area contributed by atoms with Gasteiger partial charge in [0.2, 0.25) is 0 Å². The van der Waals surface area contributed by atoms with Gasteiger partial charge in [-0.3, -0.25) is 4.68 Å². The summed E-state index contributed by atoms with van der Waals surface area (Å²) in [5.74, 6) is 0. The van der Waals surface area contributed by atoms with Crippen LogP contribution in [0.2, 0.25) is 0 Å². The molecule has 1 aromatic rings. The quantitative estimate of drug-likeness (QED) is 0.666. The third-order valence-corrected chi connectivity index (χ3v) is 3.74. The van der Waals surface area contributed by atoms with Crippen molar-refractivity contribution in [2.45, 2.75) is 72.3 Å². The van der Waals surface area contributed by atoms with Crippen LogP contribution >= 0.6 is 0 Å². The summed E-state index contributed by atoms with van der Waals surface area (Å²) in [5.41, 5.74) is 3.35. The molecule has 96 valence electrons. The highest BCUT2D eigenvalue weighted by Crippen LogP contribution is 2.43. The molecule has 0 aromatic carbocycles. The molecule has 0 fully saturated rings. The fourth-order valence-electron chi connectivity index (χ4n) is 3.20. The van der Waals surface area contributed by atoms with E-state index in [0.717, 1.165) is 6.54 Å². The van der Waals surface area contributed by atoms with Gasteiger partial charge in [-0.2, -0.15) is 5.10 Å². The molecule has 17 heavy (non-hydrogen) atoms. The van der Waals surface area contributed by atoms with E-state index in [1.165, 1.54) is 17.8 Å². The third-order valence-electron chi connectivity index (χ3n) is 3.74. The molecule has 2 nitrogen and oxygen atoms in total. The highest BCUT2D eigenvalue weighted by atomic mass is 15.3. The fourth-order valence-corrected chi connectivity index (χ4v) is 3.20. The Morgan fingerprint density at radius 1 is 1.18 bits per heavy atom. The Morgan fingerprint density at radius 2 is 1.76 bits per heavy atom. The van der Waals surface area contributed by atoms with Crippen molar-refractivity contribution in [1.82, 2.24) is 9.78 Å². The van der Waals surface area contributed by atoms with Crippen LogP contribution in [-0.4, -0.2) is 9.78 Å². The standard InChI is InChI=1S/C15H26N2/c1-13(2,3)11-8-12-15(6,7)9-14(4,5)10-17(12)16-11/h8H,9-10H2,1-7H3. The van der Waals surface area contributed by atoms with Crippen molar-refractivity contribution < 1.29 is 0 Å². The molecule has 1 aliphatic rings. The number of hydrogen-bond donors (Lipinski definition) is 0.